The van der Waals surface area contributed by atoms with Gasteiger partial charge in [0.25, 0.3) is 0 Å². The van der Waals surface area contributed by atoms with E-state index in [4.69, 9.17) is 9.47 Å². The summed E-state index contributed by atoms with van der Waals surface area (Å²) in [6.07, 6.45) is 0. The fraction of sp³-hybridized carbons (Fsp3) is 0.455. The molecule has 0 spiro atoms. The first kappa shape index (κ1) is 14.1. The zero-order valence-electron chi connectivity index (χ0n) is 9.50. The third-order valence-corrected chi connectivity index (χ3v) is 2.34. The van der Waals surface area contributed by atoms with Gasteiger partial charge < -0.3 is 27.2 Å². The Bertz CT molecular complexity index is 305. The Balaban J connectivity index is 0.00000196. The maximum Gasteiger partial charge on any atom is 0.161 e. The van der Waals surface area contributed by atoms with E-state index in [1.807, 2.05) is 25.2 Å². The topological polar surface area (TPSA) is 30.5 Å². The molecule has 0 saturated carbocycles. The summed E-state index contributed by atoms with van der Waals surface area (Å²) in [5.74, 6) is 1.53. The summed E-state index contributed by atoms with van der Waals surface area (Å²) in [6, 6.07) is 6.25. The Morgan fingerprint density at radius 3 is 2.20 bits per heavy atom. The van der Waals surface area contributed by atoms with E-state index in [9.17, 15) is 0 Å². The fourth-order valence-electron chi connectivity index (χ4n) is 1.29. The molecule has 0 heterocycles. The van der Waals surface area contributed by atoms with E-state index in [-0.39, 0.29) is 12.4 Å². The monoisotopic (exact) mass is 230 g/mol. The van der Waals surface area contributed by atoms with E-state index >= 15 is 0 Å². The lowest BCUT2D eigenvalue weighted by molar-refractivity contribution is -0.00000358. The molecule has 0 aliphatic rings. The molecule has 3 nitrogen and oxygen atoms in total. The van der Waals surface area contributed by atoms with Gasteiger partial charge in [0.15, 0.2) is 11.5 Å². The van der Waals surface area contributed by atoms with Crippen molar-refractivity contribution in [1.82, 2.24) is 5.32 Å². The van der Waals surface area contributed by atoms with Gasteiger partial charge in [-0.25, -0.2) is 0 Å². The third-order valence-electron chi connectivity index (χ3n) is 2.34. The van der Waals surface area contributed by atoms with Crippen LogP contribution in [0.5, 0.6) is 11.5 Å². The first-order chi connectivity index (χ1) is 6.72. The molecule has 1 N–H and O–H groups in total. The van der Waals surface area contributed by atoms with Crippen molar-refractivity contribution in [2.45, 2.75) is 13.0 Å². The molecule has 15 heavy (non-hydrogen) atoms. The lowest BCUT2D eigenvalue weighted by Gasteiger charge is -2.13. The molecule has 0 aromatic heterocycles. The van der Waals surface area contributed by atoms with Crippen molar-refractivity contribution in [3.63, 3.8) is 0 Å². The van der Waals surface area contributed by atoms with Gasteiger partial charge >= 0.3 is 0 Å². The minimum absolute atomic E-state index is 0. The summed E-state index contributed by atoms with van der Waals surface area (Å²) < 4.78 is 10.4. The molecule has 1 unspecified atom stereocenters. The number of ether oxygens (including phenoxy) is 2. The van der Waals surface area contributed by atoms with E-state index in [1.54, 1.807) is 14.2 Å². The lowest BCUT2D eigenvalue weighted by Crippen LogP contribution is -3.00. The summed E-state index contributed by atoms with van der Waals surface area (Å²) in [4.78, 5) is 0. The second-order valence-corrected chi connectivity index (χ2v) is 3.12. The predicted molar refractivity (Wildman–Crippen MR) is 57.0 cm³/mol. The highest BCUT2D eigenvalue weighted by Gasteiger charge is 2.07. The van der Waals surface area contributed by atoms with E-state index < -0.39 is 0 Å². The van der Waals surface area contributed by atoms with Gasteiger partial charge in [0.2, 0.25) is 0 Å². The van der Waals surface area contributed by atoms with Crippen molar-refractivity contribution < 1.29 is 21.9 Å². The summed E-state index contributed by atoms with van der Waals surface area (Å²) in [7, 11) is 5.21. The van der Waals surface area contributed by atoms with E-state index in [0.29, 0.717) is 6.04 Å². The Labute approximate surface area is 97.2 Å². The highest BCUT2D eigenvalue weighted by atomic mass is 35.5. The SMILES string of the molecule is CNC(C)c1ccc(OC)c(OC)c1.[Cl-]. The summed E-state index contributed by atoms with van der Waals surface area (Å²) in [6.45, 7) is 2.10. The fourth-order valence-corrected chi connectivity index (χ4v) is 1.29. The molecule has 1 aromatic rings. The van der Waals surface area contributed by atoms with Crippen molar-refractivity contribution in [2.75, 3.05) is 21.3 Å². The van der Waals surface area contributed by atoms with Crippen LogP contribution in [-0.4, -0.2) is 21.3 Å². The van der Waals surface area contributed by atoms with Crippen molar-refractivity contribution in [3.05, 3.63) is 23.8 Å². The molecule has 1 atom stereocenters. The molecular weight excluding hydrogens is 214 g/mol. The number of methoxy groups -OCH3 is 2. The average molecular weight is 231 g/mol. The number of benzene rings is 1. The molecule has 86 valence electrons. The average Bonchev–Trinajstić information content (AvgIpc) is 2.26. The van der Waals surface area contributed by atoms with Gasteiger partial charge in [0, 0.05) is 6.04 Å². The molecule has 0 amide bonds. The zero-order valence-corrected chi connectivity index (χ0v) is 10.3. The Morgan fingerprint density at radius 2 is 1.73 bits per heavy atom. The molecular formula is C11H17ClNO2-. The smallest absolute Gasteiger partial charge is 0.161 e. The maximum absolute atomic E-state index is 5.22. The lowest BCUT2D eigenvalue weighted by atomic mass is 10.1. The first-order valence-corrected chi connectivity index (χ1v) is 4.62. The maximum atomic E-state index is 5.22. The highest BCUT2D eigenvalue weighted by molar-refractivity contribution is 5.43. The van der Waals surface area contributed by atoms with Gasteiger partial charge in [-0.2, -0.15) is 0 Å². The summed E-state index contributed by atoms with van der Waals surface area (Å²) in [5, 5.41) is 3.17. The van der Waals surface area contributed by atoms with Crippen molar-refractivity contribution in [3.8, 4) is 11.5 Å². The largest absolute Gasteiger partial charge is 1.00 e. The zero-order chi connectivity index (χ0) is 10.6. The van der Waals surface area contributed by atoms with Crippen LogP contribution in [0.4, 0.5) is 0 Å². The highest BCUT2D eigenvalue weighted by Crippen LogP contribution is 2.29. The van der Waals surface area contributed by atoms with Crippen LogP contribution in [0.15, 0.2) is 18.2 Å². The summed E-state index contributed by atoms with van der Waals surface area (Å²) >= 11 is 0. The second kappa shape index (κ2) is 6.53. The van der Waals surface area contributed by atoms with Gasteiger partial charge in [-0.3, -0.25) is 0 Å². The van der Waals surface area contributed by atoms with Crippen LogP contribution in [0.3, 0.4) is 0 Å². The minimum atomic E-state index is 0. The summed E-state index contributed by atoms with van der Waals surface area (Å²) in [5.41, 5.74) is 1.19. The van der Waals surface area contributed by atoms with Gasteiger partial charge in [-0.15, -0.1) is 0 Å². The third kappa shape index (κ3) is 3.29. The van der Waals surface area contributed by atoms with Gasteiger partial charge in [-0.05, 0) is 31.7 Å². The standard InChI is InChI=1S/C11H17NO2.ClH/c1-8(12-2)9-5-6-10(13-3)11(7-9)14-4;/h5-8,12H,1-4H3;1H/p-1. The molecule has 0 radical (unpaired) electrons. The van der Waals surface area contributed by atoms with Gasteiger partial charge in [-0.1, -0.05) is 6.07 Å². The molecule has 4 heteroatoms. The van der Waals surface area contributed by atoms with Crippen LogP contribution < -0.4 is 27.2 Å². The van der Waals surface area contributed by atoms with Crippen molar-refractivity contribution in [1.29, 1.82) is 0 Å². The minimum Gasteiger partial charge on any atom is -1.00 e. The molecule has 0 saturated heterocycles. The Morgan fingerprint density at radius 1 is 1.13 bits per heavy atom. The molecule has 0 bridgehead atoms. The normalized spacial score (nSPS) is 11.5. The number of nitrogens with one attached hydrogen (secondary N) is 1. The van der Waals surface area contributed by atoms with Crippen LogP contribution >= 0.6 is 0 Å². The number of hydrogen-bond donors (Lipinski definition) is 1. The Hall–Kier alpha value is -0.930. The van der Waals surface area contributed by atoms with Crippen LogP contribution in [0, 0.1) is 0 Å². The predicted octanol–water partition coefficient (Wildman–Crippen LogP) is -1.01. The molecule has 0 fully saturated rings. The number of halogens is 1. The van der Waals surface area contributed by atoms with Crippen LogP contribution in [0.2, 0.25) is 0 Å². The number of hydrogen-bond acceptors (Lipinski definition) is 3. The van der Waals surface area contributed by atoms with E-state index in [0.717, 1.165) is 11.5 Å². The van der Waals surface area contributed by atoms with Crippen LogP contribution in [-0.2, 0) is 0 Å². The van der Waals surface area contributed by atoms with E-state index in [1.165, 1.54) is 5.56 Å². The van der Waals surface area contributed by atoms with Crippen LogP contribution in [0.25, 0.3) is 0 Å². The molecule has 1 rings (SSSR count). The second-order valence-electron chi connectivity index (χ2n) is 3.12. The first-order valence-electron chi connectivity index (χ1n) is 4.62. The van der Waals surface area contributed by atoms with Crippen LogP contribution in [0.1, 0.15) is 18.5 Å². The van der Waals surface area contributed by atoms with E-state index in [2.05, 4.69) is 12.2 Å². The quantitative estimate of drug-likeness (QED) is 0.719. The van der Waals surface area contributed by atoms with Gasteiger partial charge in [0.1, 0.15) is 0 Å². The van der Waals surface area contributed by atoms with Crippen molar-refractivity contribution >= 4 is 0 Å². The number of rotatable bonds is 4. The van der Waals surface area contributed by atoms with Gasteiger partial charge in [0.05, 0.1) is 14.2 Å². The molecule has 1 aromatic carbocycles. The molecule has 0 aliphatic carbocycles. The molecule has 0 aliphatic heterocycles. The van der Waals surface area contributed by atoms with Crippen molar-refractivity contribution in [2.24, 2.45) is 0 Å². The Kier molecular flexibility index (Phi) is 6.13.